The summed E-state index contributed by atoms with van der Waals surface area (Å²) in [7, 11) is 0.870. The quantitative estimate of drug-likeness (QED) is 0.644. The van der Waals surface area contributed by atoms with Crippen molar-refractivity contribution in [1.82, 2.24) is 14.7 Å². The Morgan fingerprint density at radius 1 is 1.35 bits per heavy atom. The Hall–Kier alpha value is -1.15. The lowest BCUT2D eigenvalue weighted by molar-refractivity contribution is -0.137. The maximum absolute atomic E-state index is 12.7. The lowest BCUT2D eigenvalue weighted by Crippen LogP contribution is -2.45. The van der Waals surface area contributed by atoms with E-state index in [1.54, 1.807) is 9.80 Å². The molecule has 2 aliphatic heterocycles. The average Bonchev–Trinajstić information content (AvgIpc) is 3.00. The second-order valence-electron chi connectivity index (χ2n) is 6.73. The summed E-state index contributed by atoms with van der Waals surface area (Å²) >= 11 is 0. The van der Waals surface area contributed by atoms with Gasteiger partial charge in [0.1, 0.15) is 0 Å². The number of amides is 2. The minimum Gasteiger partial charge on any atom is -0.341 e. The van der Waals surface area contributed by atoms with Crippen molar-refractivity contribution in [1.29, 1.82) is 0 Å². The molecule has 132 valence electrons. The molecule has 0 aromatic carbocycles. The predicted octanol–water partition coefficient (Wildman–Crippen LogP) is -0.568. The highest BCUT2D eigenvalue weighted by Crippen LogP contribution is 2.24. The van der Waals surface area contributed by atoms with Crippen molar-refractivity contribution in [2.45, 2.75) is 25.8 Å². The van der Waals surface area contributed by atoms with Crippen molar-refractivity contribution in [3.05, 3.63) is 0 Å². The number of carbonyl (C=O) groups excluding carboxylic acids is 2. The van der Waals surface area contributed by atoms with Gasteiger partial charge in [0.15, 0.2) is 9.84 Å². The molecule has 0 N–H and O–H groups in total. The molecular formula is C15H27N3O4S. The molecule has 0 spiro atoms. The molecule has 2 fully saturated rings. The van der Waals surface area contributed by atoms with E-state index < -0.39 is 9.84 Å². The van der Waals surface area contributed by atoms with E-state index in [0.717, 1.165) is 6.54 Å². The molecule has 2 unspecified atom stereocenters. The third kappa shape index (κ3) is 4.44. The van der Waals surface area contributed by atoms with Gasteiger partial charge >= 0.3 is 0 Å². The second-order valence-corrected chi connectivity index (χ2v) is 8.95. The van der Waals surface area contributed by atoms with E-state index >= 15 is 0 Å². The van der Waals surface area contributed by atoms with Gasteiger partial charge in [-0.3, -0.25) is 9.59 Å². The van der Waals surface area contributed by atoms with Crippen LogP contribution in [0.2, 0.25) is 0 Å². The first-order valence-electron chi connectivity index (χ1n) is 8.17. The number of likely N-dealkylation sites (tertiary alicyclic amines) is 1. The van der Waals surface area contributed by atoms with E-state index in [-0.39, 0.29) is 41.7 Å². The second kappa shape index (κ2) is 7.17. The number of sulfone groups is 1. The monoisotopic (exact) mass is 345 g/mol. The van der Waals surface area contributed by atoms with Gasteiger partial charge < -0.3 is 14.7 Å². The van der Waals surface area contributed by atoms with Gasteiger partial charge in [-0.15, -0.1) is 0 Å². The smallest absolute Gasteiger partial charge is 0.228 e. The molecule has 0 radical (unpaired) electrons. The minimum atomic E-state index is -3.02. The number of hydrogen-bond acceptors (Lipinski definition) is 5. The molecule has 8 heteroatoms. The average molecular weight is 345 g/mol. The van der Waals surface area contributed by atoms with Crippen molar-refractivity contribution < 1.29 is 18.0 Å². The zero-order chi connectivity index (χ0) is 17.2. The number of rotatable bonds is 6. The molecule has 2 heterocycles. The van der Waals surface area contributed by atoms with Crippen LogP contribution in [0.15, 0.2) is 0 Å². The zero-order valence-electron chi connectivity index (χ0n) is 14.2. The first kappa shape index (κ1) is 18.2. The Labute approximate surface area is 138 Å². The lowest BCUT2D eigenvalue weighted by Gasteiger charge is -2.29. The van der Waals surface area contributed by atoms with Crippen molar-refractivity contribution in [2.24, 2.45) is 5.92 Å². The normalized spacial score (nSPS) is 27.0. The SMILES string of the molecule is CCN(C(=O)C1CC(=O)N(CCN(C)C)C1)C1CCS(=O)(=O)C1. The van der Waals surface area contributed by atoms with Crippen LogP contribution in [-0.2, 0) is 19.4 Å². The van der Waals surface area contributed by atoms with Gasteiger partial charge in [-0.25, -0.2) is 8.42 Å². The Kier molecular flexibility index (Phi) is 5.67. The molecule has 0 saturated carbocycles. The lowest BCUT2D eigenvalue weighted by atomic mass is 10.1. The van der Waals surface area contributed by atoms with E-state index in [1.165, 1.54) is 0 Å². The summed E-state index contributed by atoms with van der Waals surface area (Å²) in [5, 5.41) is 0. The summed E-state index contributed by atoms with van der Waals surface area (Å²) in [5.41, 5.74) is 0. The number of likely N-dealkylation sites (N-methyl/N-ethyl adjacent to an activating group) is 1. The fourth-order valence-corrected chi connectivity index (χ4v) is 5.05. The highest BCUT2D eigenvalue weighted by atomic mass is 32.2. The highest BCUT2D eigenvalue weighted by molar-refractivity contribution is 7.91. The third-order valence-electron chi connectivity index (χ3n) is 4.65. The topological polar surface area (TPSA) is 78.0 Å². The summed E-state index contributed by atoms with van der Waals surface area (Å²) < 4.78 is 23.3. The first-order chi connectivity index (χ1) is 10.7. The maximum atomic E-state index is 12.7. The van der Waals surface area contributed by atoms with Crippen LogP contribution in [0.5, 0.6) is 0 Å². The third-order valence-corrected chi connectivity index (χ3v) is 6.40. The van der Waals surface area contributed by atoms with E-state index in [4.69, 9.17) is 0 Å². The van der Waals surface area contributed by atoms with Crippen LogP contribution < -0.4 is 0 Å². The van der Waals surface area contributed by atoms with Gasteiger partial charge in [-0.1, -0.05) is 0 Å². The molecule has 2 saturated heterocycles. The summed E-state index contributed by atoms with van der Waals surface area (Å²) in [5.74, 6) is -0.194. The zero-order valence-corrected chi connectivity index (χ0v) is 15.0. The Morgan fingerprint density at radius 3 is 2.57 bits per heavy atom. The molecule has 7 nitrogen and oxygen atoms in total. The van der Waals surface area contributed by atoms with E-state index in [0.29, 0.717) is 26.1 Å². The maximum Gasteiger partial charge on any atom is 0.228 e. The molecule has 2 aliphatic rings. The molecule has 2 amide bonds. The fraction of sp³-hybridized carbons (Fsp3) is 0.867. The van der Waals surface area contributed by atoms with Crippen LogP contribution >= 0.6 is 0 Å². The van der Waals surface area contributed by atoms with Crippen LogP contribution in [0, 0.1) is 5.92 Å². The summed E-state index contributed by atoms with van der Waals surface area (Å²) in [4.78, 5) is 30.2. The first-order valence-corrected chi connectivity index (χ1v) is 9.99. The highest BCUT2D eigenvalue weighted by Gasteiger charge is 2.40. The van der Waals surface area contributed by atoms with Crippen molar-refractivity contribution in [3.63, 3.8) is 0 Å². The molecule has 2 atom stereocenters. The number of carbonyl (C=O) groups is 2. The summed E-state index contributed by atoms with van der Waals surface area (Å²) in [6, 6.07) is -0.233. The molecule has 0 aromatic heterocycles. The van der Waals surface area contributed by atoms with Crippen LogP contribution in [0.25, 0.3) is 0 Å². The molecule has 23 heavy (non-hydrogen) atoms. The standard InChI is InChI=1S/C15H27N3O4S/c1-4-18(13-5-8-23(21,22)11-13)15(20)12-9-14(19)17(10-12)7-6-16(2)3/h12-13H,4-11H2,1-3H3. The summed E-state index contributed by atoms with van der Waals surface area (Å²) in [6.07, 6.45) is 0.745. The Balaban J connectivity index is 1.98. The van der Waals surface area contributed by atoms with Crippen LogP contribution in [0.1, 0.15) is 19.8 Å². The Bertz CT molecular complexity index is 561. The van der Waals surface area contributed by atoms with E-state index in [9.17, 15) is 18.0 Å². The van der Waals surface area contributed by atoms with Crippen LogP contribution in [0.3, 0.4) is 0 Å². The molecule has 0 aromatic rings. The van der Waals surface area contributed by atoms with Crippen molar-refractivity contribution in [2.75, 3.05) is 51.8 Å². The van der Waals surface area contributed by atoms with E-state index in [1.807, 2.05) is 25.9 Å². The molecule has 0 bridgehead atoms. The van der Waals surface area contributed by atoms with Gasteiger partial charge in [0.25, 0.3) is 0 Å². The van der Waals surface area contributed by atoms with Crippen molar-refractivity contribution in [3.8, 4) is 0 Å². The summed E-state index contributed by atoms with van der Waals surface area (Å²) in [6.45, 7) is 4.19. The van der Waals surface area contributed by atoms with Crippen LogP contribution in [-0.4, -0.2) is 92.8 Å². The van der Waals surface area contributed by atoms with Gasteiger partial charge in [-0.2, -0.15) is 0 Å². The van der Waals surface area contributed by atoms with E-state index in [2.05, 4.69) is 0 Å². The minimum absolute atomic E-state index is 0.0142. The Morgan fingerprint density at radius 2 is 2.04 bits per heavy atom. The van der Waals surface area contributed by atoms with Gasteiger partial charge in [-0.05, 0) is 27.4 Å². The molecular weight excluding hydrogens is 318 g/mol. The molecule has 0 aliphatic carbocycles. The van der Waals surface area contributed by atoms with Crippen molar-refractivity contribution >= 4 is 21.7 Å². The predicted molar refractivity (Wildman–Crippen MR) is 87.7 cm³/mol. The van der Waals surface area contributed by atoms with Gasteiger partial charge in [0.05, 0.1) is 17.4 Å². The molecule has 2 rings (SSSR count). The number of nitrogens with zero attached hydrogens (tertiary/aromatic N) is 3. The largest absolute Gasteiger partial charge is 0.341 e. The number of hydrogen-bond donors (Lipinski definition) is 0. The van der Waals surface area contributed by atoms with Gasteiger partial charge in [0.2, 0.25) is 11.8 Å². The van der Waals surface area contributed by atoms with Crippen LogP contribution in [0.4, 0.5) is 0 Å². The fourth-order valence-electron chi connectivity index (χ4n) is 3.32. The van der Waals surface area contributed by atoms with Gasteiger partial charge in [0, 0.05) is 38.6 Å².